The second-order valence-electron chi connectivity index (χ2n) is 4.53. The third kappa shape index (κ3) is 3.41. The number of nitrogens with one attached hydrogen (secondary N) is 1. The van der Waals surface area contributed by atoms with Crippen LogP contribution in [0, 0.1) is 24.0 Å². The summed E-state index contributed by atoms with van der Waals surface area (Å²) < 4.78 is 5.71. The van der Waals surface area contributed by atoms with E-state index in [1.54, 1.807) is 19.2 Å². The van der Waals surface area contributed by atoms with E-state index < -0.39 is 4.92 Å². The van der Waals surface area contributed by atoms with E-state index in [4.69, 9.17) is 16.3 Å². The van der Waals surface area contributed by atoms with Gasteiger partial charge in [-0.25, -0.2) is 0 Å². The predicted octanol–water partition coefficient (Wildman–Crippen LogP) is 4.09. The van der Waals surface area contributed by atoms with Crippen molar-refractivity contribution in [3.05, 3.63) is 50.5 Å². The molecule has 0 unspecified atom stereocenters. The molecule has 1 aromatic carbocycles. The zero-order chi connectivity index (χ0) is 15.6. The van der Waals surface area contributed by atoms with Crippen molar-refractivity contribution in [2.45, 2.75) is 13.8 Å². The molecule has 6 nitrogen and oxygen atoms in total. The lowest BCUT2D eigenvalue weighted by Gasteiger charge is -2.12. The first-order valence-corrected chi connectivity index (χ1v) is 6.57. The van der Waals surface area contributed by atoms with Gasteiger partial charge in [-0.3, -0.25) is 10.1 Å². The summed E-state index contributed by atoms with van der Waals surface area (Å²) in [5, 5.41) is 14.3. The number of rotatable bonds is 4. The van der Waals surface area contributed by atoms with Crippen molar-refractivity contribution in [2.24, 2.45) is 0 Å². The van der Waals surface area contributed by atoms with Crippen LogP contribution in [0.2, 0.25) is 5.02 Å². The smallest absolute Gasteiger partial charge is 0.278 e. The predicted molar refractivity (Wildman–Crippen MR) is 81.4 cm³/mol. The van der Waals surface area contributed by atoms with Crippen LogP contribution in [0.3, 0.4) is 0 Å². The highest BCUT2D eigenvalue weighted by molar-refractivity contribution is 6.30. The van der Waals surface area contributed by atoms with Gasteiger partial charge in [0, 0.05) is 12.1 Å². The fraction of sp³-hybridized carbons (Fsp3) is 0.214. The quantitative estimate of drug-likeness (QED) is 0.680. The maximum atomic E-state index is 10.9. The molecular formula is C14H14ClN3O3. The Morgan fingerprint density at radius 3 is 2.38 bits per heavy atom. The number of anilines is 1. The molecule has 0 fully saturated rings. The fourth-order valence-corrected chi connectivity index (χ4v) is 2.27. The van der Waals surface area contributed by atoms with Gasteiger partial charge < -0.3 is 10.1 Å². The summed E-state index contributed by atoms with van der Waals surface area (Å²) in [5.41, 5.74) is 1.58. The third-order valence-electron chi connectivity index (χ3n) is 2.89. The average molecular weight is 308 g/mol. The van der Waals surface area contributed by atoms with Crippen molar-refractivity contribution in [1.29, 1.82) is 0 Å². The monoisotopic (exact) mass is 307 g/mol. The van der Waals surface area contributed by atoms with E-state index >= 15 is 0 Å². The number of ether oxygens (including phenoxy) is 1. The zero-order valence-electron chi connectivity index (χ0n) is 11.8. The van der Waals surface area contributed by atoms with Gasteiger partial charge in [-0.1, -0.05) is 11.6 Å². The Morgan fingerprint density at radius 1 is 1.24 bits per heavy atom. The van der Waals surface area contributed by atoms with Gasteiger partial charge in [0.25, 0.3) is 5.69 Å². The van der Waals surface area contributed by atoms with Crippen molar-refractivity contribution >= 4 is 23.1 Å². The first-order valence-electron chi connectivity index (χ1n) is 6.19. The molecule has 1 N–H and O–H groups in total. The lowest BCUT2D eigenvalue weighted by molar-refractivity contribution is -0.384. The molecule has 0 amide bonds. The Bertz CT molecular complexity index is 681. The van der Waals surface area contributed by atoms with Gasteiger partial charge >= 0.3 is 0 Å². The van der Waals surface area contributed by atoms with Gasteiger partial charge in [0.2, 0.25) is 5.88 Å². The molecule has 1 aromatic heterocycles. The molecule has 0 spiro atoms. The van der Waals surface area contributed by atoms with E-state index in [2.05, 4.69) is 10.3 Å². The summed E-state index contributed by atoms with van der Waals surface area (Å²) in [6.45, 7) is 3.70. The summed E-state index contributed by atoms with van der Waals surface area (Å²) in [5.74, 6) is 1.11. The Balaban J connectivity index is 2.44. The van der Waals surface area contributed by atoms with Gasteiger partial charge in [-0.2, -0.15) is 4.98 Å². The highest BCUT2D eigenvalue weighted by Gasteiger charge is 2.14. The summed E-state index contributed by atoms with van der Waals surface area (Å²) in [6, 6.07) is 6.16. The molecule has 7 heteroatoms. The highest BCUT2D eigenvalue weighted by atomic mass is 35.5. The van der Waals surface area contributed by atoms with Gasteiger partial charge in [-0.15, -0.1) is 0 Å². The number of hydrogen-bond acceptors (Lipinski definition) is 5. The number of hydrogen-bond donors (Lipinski definition) is 1. The van der Waals surface area contributed by atoms with Crippen LogP contribution in [-0.2, 0) is 0 Å². The molecule has 0 saturated heterocycles. The Morgan fingerprint density at radius 2 is 1.86 bits per heavy atom. The van der Waals surface area contributed by atoms with Gasteiger partial charge in [0.15, 0.2) is 0 Å². The summed E-state index contributed by atoms with van der Waals surface area (Å²) in [4.78, 5) is 14.6. The molecule has 0 saturated carbocycles. The van der Waals surface area contributed by atoms with E-state index in [9.17, 15) is 10.1 Å². The zero-order valence-corrected chi connectivity index (χ0v) is 12.6. The number of aromatic nitrogens is 1. The molecule has 21 heavy (non-hydrogen) atoms. The Kier molecular flexibility index (Phi) is 4.28. The van der Waals surface area contributed by atoms with Gasteiger partial charge in [-0.05, 0) is 37.1 Å². The lowest BCUT2D eigenvalue weighted by atomic mass is 10.1. The van der Waals surface area contributed by atoms with E-state index in [0.717, 1.165) is 11.1 Å². The number of nitrogens with zero attached hydrogens (tertiary/aromatic N) is 2. The third-order valence-corrected chi connectivity index (χ3v) is 3.10. The molecule has 2 rings (SSSR count). The number of benzene rings is 1. The van der Waals surface area contributed by atoms with Crippen LogP contribution in [0.4, 0.5) is 11.5 Å². The van der Waals surface area contributed by atoms with Crippen LogP contribution in [-0.4, -0.2) is 17.0 Å². The SMILES string of the molecule is CNc1cc([N+](=O)[O-])cc(Oc2c(C)cc(Cl)cc2C)n1. The van der Waals surface area contributed by atoms with E-state index in [1.165, 1.54) is 12.1 Å². The van der Waals surface area contributed by atoms with Gasteiger partial charge in [0.1, 0.15) is 11.6 Å². The Labute approximate surface area is 126 Å². The molecule has 2 aromatic rings. The maximum absolute atomic E-state index is 10.9. The van der Waals surface area contributed by atoms with E-state index in [-0.39, 0.29) is 11.6 Å². The number of halogens is 1. The minimum absolute atomic E-state index is 0.0892. The molecule has 110 valence electrons. The normalized spacial score (nSPS) is 10.3. The average Bonchev–Trinajstić information content (AvgIpc) is 2.42. The summed E-state index contributed by atoms with van der Waals surface area (Å²) in [6.07, 6.45) is 0. The minimum atomic E-state index is -0.489. The van der Waals surface area contributed by atoms with Gasteiger partial charge in [0.05, 0.1) is 17.1 Å². The molecule has 0 aliphatic carbocycles. The standard InChI is InChI=1S/C14H14ClN3O3/c1-8-4-10(15)5-9(2)14(8)21-13-7-11(18(19)20)6-12(16-3)17-13/h4-7H,1-3H3,(H,16,17). The second-order valence-corrected chi connectivity index (χ2v) is 4.96. The first-order chi connectivity index (χ1) is 9.90. The van der Waals surface area contributed by atoms with Crippen LogP contribution >= 0.6 is 11.6 Å². The molecular weight excluding hydrogens is 294 g/mol. The molecule has 0 aliphatic rings. The lowest BCUT2D eigenvalue weighted by Crippen LogP contribution is -1.99. The Hall–Kier alpha value is -2.34. The van der Waals surface area contributed by atoms with E-state index in [0.29, 0.717) is 16.6 Å². The summed E-state index contributed by atoms with van der Waals surface area (Å²) in [7, 11) is 1.63. The van der Waals surface area contributed by atoms with Crippen molar-refractivity contribution in [3.63, 3.8) is 0 Å². The van der Waals surface area contributed by atoms with Crippen LogP contribution < -0.4 is 10.1 Å². The molecule has 0 atom stereocenters. The highest BCUT2D eigenvalue weighted by Crippen LogP contribution is 2.32. The number of pyridine rings is 1. The van der Waals surface area contributed by atoms with Crippen LogP contribution in [0.25, 0.3) is 0 Å². The summed E-state index contributed by atoms with van der Waals surface area (Å²) >= 11 is 5.97. The minimum Gasteiger partial charge on any atom is -0.438 e. The van der Waals surface area contributed by atoms with Crippen molar-refractivity contribution in [2.75, 3.05) is 12.4 Å². The van der Waals surface area contributed by atoms with Crippen molar-refractivity contribution in [3.8, 4) is 11.6 Å². The topological polar surface area (TPSA) is 77.3 Å². The molecule has 0 radical (unpaired) electrons. The number of aryl methyl sites for hydroxylation is 2. The largest absolute Gasteiger partial charge is 0.438 e. The molecule has 0 aliphatic heterocycles. The molecule has 0 bridgehead atoms. The van der Waals surface area contributed by atoms with Crippen LogP contribution in [0.1, 0.15) is 11.1 Å². The second kappa shape index (κ2) is 5.97. The molecule has 1 heterocycles. The number of nitro groups is 1. The van der Waals surface area contributed by atoms with Crippen LogP contribution in [0.5, 0.6) is 11.6 Å². The van der Waals surface area contributed by atoms with E-state index in [1.807, 2.05) is 13.8 Å². The fourth-order valence-electron chi connectivity index (χ4n) is 1.94. The van der Waals surface area contributed by atoms with Crippen molar-refractivity contribution in [1.82, 2.24) is 4.98 Å². The first kappa shape index (κ1) is 15.1. The maximum Gasteiger partial charge on any atom is 0.278 e. The van der Waals surface area contributed by atoms with Crippen molar-refractivity contribution < 1.29 is 9.66 Å². The van der Waals surface area contributed by atoms with Crippen LogP contribution in [0.15, 0.2) is 24.3 Å².